The van der Waals surface area contributed by atoms with Crippen molar-refractivity contribution < 1.29 is 9.90 Å². The molecule has 6 heteroatoms. The molecule has 0 aliphatic carbocycles. The topological polar surface area (TPSA) is 43.8 Å². The Hall–Kier alpha value is -0.620. The van der Waals surface area contributed by atoms with Crippen LogP contribution in [0.1, 0.15) is 5.56 Å². The van der Waals surface area contributed by atoms with Crippen LogP contribution in [0.2, 0.25) is 5.02 Å². The van der Waals surface area contributed by atoms with E-state index in [0.29, 0.717) is 0 Å². The van der Waals surface area contributed by atoms with Crippen molar-refractivity contribution in [1.29, 1.82) is 0 Å². The van der Waals surface area contributed by atoms with E-state index in [4.69, 9.17) is 16.7 Å². The molecule has 0 unspecified atom stereocenters. The monoisotopic (exact) mass is 346 g/mol. The van der Waals surface area contributed by atoms with Gasteiger partial charge in [0.1, 0.15) is 0 Å². The molecule has 1 aromatic carbocycles. The molecule has 1 aliphatic heterocycles. The molecule has 19 heavy (non-hydrogen) atoms. The number of nitrogens with zero attached hydrogens (tertiary/aromatic N) is 2. The van der Waals surface area contributed by atoms with Gasteiger partial charge in [0.2, 0.25) is 0 Å². The van der Waals surface area contributed by atoms with E-state index in [1.54, 1.807) is 0 Å². The van der Waals surface area contributed by atoms with Crippen LogP contribution in [-0.4, -0.2) is 53.6 Å². The van der Waals surface area contributed by atoms with E-state index in [2.05, 4.69) is 20.8 Å². The molecule has 0 radical (unpaired) electrons. The largest absolute Gasteiger partial charge is 0.480 e. The van der Waals surface area contributed by atoms with Crippen molar-refractivity contribution in [3.05, 3.63) is 33.3 Å². The lowest BCUT2D eigenvalue weighted by atomic mass is 10.2. The molecule has 1 heterocycles. The maximum Gasteiger partial charge on any atom is 0.317 e. The van der Waals surface area contributed by atoms with Gasteiger partial charge in [-0.15, -0.1) is 0 Å². The second kappa shape index (κ2) is 6.70. The molecule has 1 aromatic rings. The first-order valence-corrected chi connectivity index (χ1v) is 7.32. The first-order chi connectivity index (χ1) is 9.04. The molecule has 1 N–H and O–H groups in total. The minimum absolute atomic E-state index is 0.130. The number of hydrogen-bond acceptors (Lipinski definition) is 3. The van der Waals surface area contributed by atoms with Gasteiger partial charge in [0.15, 0.2) is 0 Å². The number of aliphatic carboxylic acids is 1. The van der Waals surface area contributed by atoms with Crippen LogP contribution < -0.4 is 0 Å². The van der Waals surface area contributed by atoms with Crippen LogP contribution in [0.15, 0.2) is 22.7 Å². The summed E-state index contributed by atoms with van der Waals surface area (Å²) >= 11 is 9.62. The molecule has 0 saturated carbocycles. The molecule has 1 saturated heterocycles. The Morgan fingerprint density at radius 1 is 1.26 bits per heavy atom. The average molecular weight is 348 g/mol. The van der Waals surface area contributed by atoms with Gasteiger partial charge in [-0.25, -0.2) is 0 Å². The summed E-state index contributed by atoms with van der Waals surface area (Å²) < 4.78 is 1.02. The molecule has 0 bridgehead atoms. The number of carboxylic acid groups (broad SMARTS) is 1. The zero-order chi connectivity index (χ0) is 13.8. The van der Waals surface area contributed by atoms with Gasteiger partial charge in [-0.2, -0.15) is 0 Å². The maximum absolute atomic E-state index is 10.6. The summed E-state index contributed by atoms with van der Waals surface area (Å²) in [7, 11) is 0. The van der Waals surface area contributed by atoms with Crippen molar-refractivity contribution >= 4 is 33.5 Å². The highest BCUT2D eigenvalue weighted by atomic mass is 79.9. The number of carbonyl (C=O) groups is 1. The number of piperazine rings is 1. The molecule has 104 valence electrons. The minimum Gasteiger partial charge on any atom is -0.480 e. The quantitative estimate of drug-likeness (QED) is 0.908. The summed E-state index contributed by atoms with van der Waals surface area (Å²) in [6.45, 7) is 4.26. The van der Waals surface area contributed by atoms with Crippen molar-refractivity contribution in [2.45, 2.75) is 6.54 Å². The van der Waals surface area contributed by atoms with Crippen LogP contribution >= 0.6 is 27.5 Å². The van der Waals surface area contributed by atoms with Crippen LogP contribution in [0, 0.1) is 0 Å². The lowest BCUT2D eigenvalue weighted by molar-refractivity contribution is -0.138. The van der Waals surface area contributed by atoms with E-state index in [-0.39, 0.29) is 6.54 Å². The summed E-state index contributed by atoms with van der Waals surface area (Å²) in [6.07, 6.45) is 0. The van der Waals surface area contributed by atoms with Gasteiger partial charge in [-0.1, -0.05) is 27.5 Å². The predicted molar refractivity (Wildman–Crippen MR) is 78.5 cm³/mol. The Balaban J connectivity index is 1.88. The van der Waals surface area contributed by atoms with Crippen LogP contribution in [0.5, 0.6) is 0 Å². The van der Waals surface area contributed by atoms with Crippen molar-refractivity contribution in [2.24, 2.45) is 0 Å². The molecule has 0 atom stereocenters. The number of carboxylic acids is 1. The smallest absolute Gasteiger partial charge is 0.317 e. The molecule has 1 aliphatic rings. The summed E-state index contributed by atoms with van der Waals surface area (Å²) in [5.74, 6) is -0.761. The zero-order valence-corrected chi connectivity index (χ0v) is 12.8. The van der Waals surface area contributed by atoms with Crippen molar-refractivity contribution in [3.8, 4) is 0 Å². The fourth-order valence-electron chi connectivity index (χ4n) is 2.20. The van der Waals surface area contributed by atoms with E-state index < -0.39 is 5.97 Å². The number of benzene rings is 1. The van der Waals surface area contributed by atoms with Crippen LogP contribution in [0.25, 0.3) is 0 Å². The highest BCUT2D eigenvalue weighted by Gasteiger charge is 2.19. The third-order valence-corrected chi connectivity index (χ3v) is 4.09. The second-order valence-electron chi connectivity index (χ2n) is 4.68. The number of hydrogen-bond donors (Lipinski definition) is 1. The molecule has 4 nitrogen and oxygen atoms in total. The van der Waals surface area contributed by atoms with Gasteiger partial charge >= 0.3 is 5.97 Å². The maximum atomic E-state index is 10.6. The number of rotatable bonds is 4. The van der Waals surface area contributed by atoms with Crippen LogP contribution in [0.3, 0.4) is 0 Å². The summed E-state index contributed by atoms with van der Waals surface area (Å²) in [5, 5.41) is 9.53. The lowest BCUT2D eigenvalue weighted by Gasteiger charge is -2.33. The predicted octanol–water partition coefficient (Wildman–Crippen LogP) is 2.30. The van der Waals surface area contributed by atoms with E-state index in [9.17, 15) is 4.79 Å². The van der Waals surface area contributed by atoms with Crippen LogP contribution in [0.4, 0.5) is 0 Å². The van der Waals surface area contributed by atoms with E-state index in [1.807, 2.05) is 23.1 Å². The highest BCUT2D eigenvalue weighted by Crippen LogP contribution is 2.22. The van der Waals surface area contributed by atoms with Gasteiger partial charge in [0, 0.05) is 42.2 Å². The lowest BCUT2D eigenvalue weighted by Crippen LogP contribution is -2.47. The van der Waals surface area contributed by atoms with E-state index in [1.165, 1.54) is 0 Å². The molecular weight excluding hydrogens is 332 g/mol. The Labute approximate surface area is 126 Å². The van der Waals surface area contributed by atoms with Gasteiger partial charge in [-0.05, 0) is 23.8 Å². The fourth-order valence-corrected chi connectivity index (χ4v) is 2.79. The summed E-state index contributed by atoms with van der Waals surface area (Å²) in [6, 6.07) is 5.85. The Bertz CT molecular complexity index is 462. The molecular formula is C13H16BrClN2O2. The Morgan fingerprint density at radius 3 is 2.53 bits per heavy atom. The third-order valence-electron chi connectivity index (χ3n) is 3.23. The van der Waals surface area contributed by atoms with Gasteiger partial charge in [0.25, 0.3) is 0 Å². The van der Waals surface area contributed by atoms with Gasteiger partial charge in [-0.3, -0.25) is 14.6 Å². The normalized spacial score (nSPS) is 17.6. The van der Waals surface area contributed by atoms with E-state index >= 15 is 0 Å². The molecule has 0 spiro atoms. The highest BCUT2D eigenvalue weighted by molar-refractivity contribution is 9.10. The van der Waals surface area contributed by atoms with E-state index in [0.717, 1.165) is 47.8 Å². The van der Waals surface area contributed by atoms with Crippen molar-refractivity contribution in [1.82, 2.24) is 9.80 Å². The van der Waals surface area contributed by atoms with Gasteiger partial charge < -0.3 is 5.11 Å². The average Bonchev–Trinajstić information content (AvgIpc) is 2.35. The van der Waals surface area contributed by atoms with Crippen molar-refractivity contribution in [3.63, 3.8) is 0 Å². The van der Waals surface area contributed by atoms with Crippen molar-refractivity contribution in [2.75, 3.05) is 32.7 Å². The molecule has 1 fully saturated rings. The Kier molecular flexibility index (Phi) is 5.21. The summed E-state index contributed by atoms with van der Waals surface area (Å²) in [5.41, 5.74) is 1.10. The Morgan fingerprint density at radius 2 is 1.89 bits per heavy atom. The molecule has 2 rings (SSSR count). The van der Waals surface area contributed by atoms with Gasteiger partial charge in [0.05, 0.1) is 6.54 Å². The summed E-state index contributed by atoms with van der Waals surface area (Å²) in [4.78, 5) is 14.9. The standard InChI is InChI=1S/C13H16BrClN2O2/c14-11-1-2-12(15)10(7-11)8-16-3-5-17(6-4-16)9-13(18)19/h1-2,7H,3-6,8-9H2,(H,18,19). The number of halogens is 2. The molecule has 0 aromatic heterocycles. The second-order valence-corrected chi connectivity index (χ2v) is 6.00. The minimum atomic E-state index is -0.761. The van der Waals surface area contributed by atoms with Crippen LogP contribution in [-0.2, 0) is 11.3 Å². The molecule has 0 amide bonds. The fraction of sp³-hybridized carbons (Fsp3) is 0.462. The first kappa shape index (κ1) is 14.8. The first-order valence-electron chi connectivity index (χ1n) is 6.15. The zero-order valence-electron chi connectivity index (χ0n) is 10.5. The SMILES string of the molecule is O=C(O)CN1CCN(Cc2cc(Br)ccc2Cl)CC1. The third kappa shape index (κ3) is 4.45.